The Morgan fingerprint density at radius 1 is 1.18 bits per heavy atom. The van der Waals surface area contributed by atoms with Crippen LogP contribution in [0.3, 0.4) is 0 Å². The molecule has 0 atom stereocenters. The third-order valence-electron chi connectivity index (χ3n) is 2.11. The molecule has 0 unspecified atom stereocenters. The van der Waals surface area contributed by atoms with Crippen molar-refractivity contribution < 1.29 is 0 Å². The highest BCUT2D eigenvalue weighted by Crippen LogP contribution is 2.17. The van der Waals surface area contributed by atoms with Crippen LogP contribution in [-0.4, -0.2) is 13.3 Å². The van der Waals surface area contributed by atoms with E-state index >= 15 is 0 Å². The van der Waals surface area contributed by atoms with Crippen LogP contribution in [0.25, 0.3) is 0 Å². The molecule has 3 N–H and O–H groups in total. The van der Waals surface area contributed by atoms with Crippen molar-refractivity contribution in [2.45, 2.75) is 20.3 Å². The lowest BCUT2D eigenvalue weighted by molar-refractivity contribution is 0.690. The fourth-order valence-corrected chi connectivity index (χ4v) is 1.18. The highest BCUT2D eigenvalue weighted by atomic mass is 15.3. The van der Waals surface area contributed by atoms with Crippen LogP contribution in [0.15, 0.2) is 53.5 Å². The first-order valence-electron chi connectivity index (χ1n) is 5.44. The molecule has 0 aromatic rings. The van der Waals surface area contributed by atoms with E-state index in [1.165, 1.54) is 0 Å². The van der Waals surface area contributed by atoms with Gasteiger partial charge in [0.15, 0.2) is 0 Å². The van der Waals surface area contributed by atoms with Crippen molar-refractivity contribution in [1.82, 2.24) is 16.3 Å². The monoisotopic (exact) mass is 234 g/mol. The van der Waals surface area contributed by atoms with Gasteiger partial charge in [-0.1, -0.05) is 25.8 Å². The van der Waals surface area contributed by atoms with E-state index in [0.29, 0.717) is 12.1 Å². The maximum atomic E-state index is 4.01. The maximum Gasteiger partial charge on any atom is 0.0519 e. The van der Waals surface area contributed by atoms with E-state index in [-0.39, 0.29) is 0 Å². The van der Waals surface area contributed by atoms with Crippen molar-refractivity contribution in [2.24, 2.45) is 5.10 Å². The number of hydrazone groups is 1. The Morgan fingerprint density at radius 3 is 2.29 bits per heavy atom. The molecule has 0 rings (SSSR count). The molecule has 0 saturated heterocycles. The van der Waals surface area contributed by atoms with E-state index in [1.807, 2.05) is 27.0 Å². The standard InChI is InChI=1S/C13H22N4/c1-7-13(17-14-6)11(4)9-10(3)12(5)16-15-8-2/h7-8,14,16-17H,3-5,9H2,1-2,6H3/b13-7-,15-8-. The molecule has 0 heterocycles. The average Bonchev–Trinajstić information content (AvgIpc) is 2.32. The summed E-state index contributed by atoms with van der Waals surface area (Å²) in [6.45, 7) is 15.6. The summed E-state index contributed by atoms with van der Waals surface area (Å²) in [7, 11) is 1.81. The second-order valence-electron chi connectivity index (χ2n) is 3.44. The molecular weight excluding hydrogens is 212 g/mol. The molecule has 4 heteroatoms. The van der Waals surface area contributed by atoms with Crippen LogP contribution in [0.1, 0.15) is 20.3 Å². The van der Waals surface area contributed by atoms with E-state index in [4.69, 9.17) is 0 Å². The summed E-state index contributed by atoms with van der Waals surface area (Å²) in [5.41, 5.74) is 12.1. The fourth-order valence-electron chi connectivity index (χ4n) is 1.18. The van der Waals surface area contributed by atoms with Gasteiger partial charge >= 0.3 is 0 Å². The van der Waals surface area contributed by atoms with Crippen LogP contribution in [0.4, 0.5) is 0 Å². The Morgan fingerprint density at radius 2 is 1.82 bits per heavy atom. The molecule has 4 nitrogen and oxygen atoms in total. The van der Waals surface area contributed by atoms with Gasteiger partial charge < -0.3 is 5.43 Å². The Kier molecular flexibility index (Phi) is 7.46. The predicted molar refractivity (Wildman–Crippen MR) is 75.3 cm³/mol. The van der Waals surface area contributed by atoms with Crippen LogP contribution in [-0.2, 0) is 0 Å². The number of allylic oxidation sites excluding steroid dienone is 3. The maximum absolute atomic E-state index is 4.01. The molecule has 0 aliphatic rings. The van der Waals surface area contributed by atoms with Gasteiger partial charge in [0.1, 0.15) is 0 Å². The third kappa shape index (κ3) is 5.73. The number of hydrogen-bond acceptors (Lipinski definition) is 4. The Hall–Kier alpha value is -1.81. The predicted octanol–water partition coefficient (Wildman–Crippen LogP) is 2.23. The summed E-state index contributed by atoms with van der Waals surface area (Å²) >= 11 is 0. The van der Waals surface area contributed by atoms with E-state index in [0.717, 1.165) is 16.8 Å². The van der Waals surface area contributed by atoms with Gasteiger partial charge in [-0.15, -0.1) is 0 Å². The molecule has 0 aliphatic heterocycles. The molecule has 0 fully saturated rings. The summed E-state index contributed by atoms with van der Waals surface area (Å²) in [6.07, 6.45) is 4.25. The van der Waals surface area contributed by atoms with Gasteiger partial charge in [-0.2, -0.15) is 5.10 Å². The highest BCUT2D eigenvalue weighted by Gasteiger charge is 2.05. The van der Waals surface area contributed by atoms with Gasteiger partial charge in [-0.05, 0) is 25.0 Å². The van der Waals surface area contributed by atoms with Crippen molar-refractivity contribution in [3.05, 3.63) is 48.4 Å². The number of hydrazine groups is 1. The highest BCUT2D eigenvalue weighted by molar-refractivity contribution is 5.53. The lowest BCUT2D eigenvalue weighted by atomic mass is 10.0. The van der Waals surface area contributed by atoms with Crippen molar-refractivity contribution in [3.63, 3.8) is 0 Å². The van der Waals surface area contributed by atoms with Crippen LogP contribution in [0, 0.1) is 0 Å². The molecule has 0 amide bonds. The summed E-state index contributed by atoms with van der Waals surface area (Å²) in [6, 6.07) is 0. The normalized spacial score (nSPS) is 11.4. The lowest BCUT2D eigenvalue weighted by Crippen LogP contribution is -2.27. The van der Waals surface area contributed by atoms with Crippen LogP contribution >= 0.6 is 0 Å². The zero-order chi connectivity index (χ0) is 13.3. The van der Waals surface area contributed by atoms with Gasteiger partial charge in [0.2, 0.25) is 0 Å². The van der Waals surface area contributed by atoms with Gasteiger partial charge in [0, 0.05) is 25.4 Å². The molecule has 17 heavy (non-hydrogen) atoms. The minimum absolute atomic E-state index is 0.638. The first kappa shape index (κ1) is 15.2. The topological polar surface area (TPSA) is 48.4 Å². The van der Waals surface area contributed by atoms with Crippen LogP contribution in [0.2, 0.25) is 0 Å². The molecule has 94 valence electrons. The number of rotatable bonds is 8. The minimum atomic E-state index is 0.638. The fraction of sp³-hybridized carbons (Fsp3) is 0.308. The molecule has 0 aliphatic carbocycles. The summed E-state index contributed by atoms with van der Waals surface area (Å²) < 4.78 is 0. The molecule has 0 radical (unpaired) electrons. The number of nitrogens with zero attached hydrogens (tertiary/aromatic N) is 1. The lowest BCUT2D eigenvalue weighted by Gasteiger charge is -2.14. The average molecular weight is 234 g/mol. The van der Waals surface area contributed by atoms with E-state index in [9.17, 15) is 0 Å². The van der Waals surface area contributed by atoms with Gasteiger partial charge in [0.25, 0.3) is 0 Å². The van der Waals surface area contributed by atoms with Crippen molar-refractivity contribution >= 4 is 6.21 Å². The molecule has 0 spiro atoms. The SMILES string of the molecule is C=C(CC(=C)/C(=C/C)NNC)C(=C)N/N=C\C. The van der Waals surface area contributed by atoms with Gasteiger partial charge in [0.05, 0.1) is 5.70 Å². The second-order valence-corrected chi connectivity index (χ2v) is 3.44. The molecule has 0 bridgehead atoms. The number of hydrogen-bond donors (Lipinski definition) is 3. The van der Waals surface area contributed by atoms with E-state index in [1.54, 1.807) is 6.21 Å². The van der Waals surface area contributed by atoms with Crippen LogP contribution in [0.5, 0.6) is 0 Å². The van der Waals surface area contributed by atoms with Gasteiger partial charge in [-0.3, -0.25) is 5.43 Å². The Labute approximate surface area is 104 Å². The third-order valence-corrected chi connectivity index (χ3v) is 2.11. The second kappa shape index (κ2) is 8.35. The molecule has 0 aromatic carbocycles. The summed E-state index contributed by atoms with van der Waals surface area (Å²) in [5.74, 6) is 0. The Balaban J connectivity index is 4.38. The number of nitrogens with one attached hydrogen (secondary N) is 3. The zero-order valence-corrected chi connectivity index (χ0v) is 10.9. The smallest absolute Gasteiger partial charge is 0.0519 e. The first-order valence-corrected chi connectivity index (χ1v) is 5.44. The van der Waals surface area contributed by atoms with E-state index < -0.39 is 0 Å². The molecule has 0 aromatic heterocycles. The minimum Gasteiger partial charge on any atom is -0.322 e. The van der Waals surface area contributed by atoms with Crippen molar-refractivity contribution in [2.75, 3.05) is 7.05 Å². The van der Waals surface area contributed by atoms with Crippen LogP contribution < -0.4 is 16.3 Å². The molecular formula is C13H22N4. The van der Waals surface area contributed by atoms with E-state index in [2.05, 4.69) is 41.1 Å². The Bertz CT molecular complexity index is 350. The van der Waals surface area contributed by atoms with Gasteiger partial charge in [-0.25, -0.2) is 5.43 Å². The summed E-state index contributed by atoms with van der Waals surface area (Å²) in [5, 5.41) is 3.89. The summed E-state index contributed by atoms with van der Waals surface area (Å²) in [4.78, 5) is 0. The zero-order valence-electron chi connectivity index (χ0n) is 10.9. The van der Waals surface area contributed by atoms with Crippen molar-refractivity contribution in [1.29, 1.82) is 0 Å². The molecule has 0 saturated carbocycles. The van der Waals surface area contributed by atoms with Crippen molar-refractivity contribution in [3.8, 4) is 0 Å². The largest absolute Gasteiger partial charge is 0.322 e. The quantitative estimate of drug-likeness (QED) is 0.343. The first-order chi connectivity index (χ1) is 8.06.